The lowest BCUT2D eigenvalue weighted by Crippen LogP contribution is -2.28. The van der Waals surface area contributed by atoms with Gasteiger partial charge in [0.1, 0.15) is 5.82 Å². The number of imidazole rings is 1. The molecule has 4 nitrogen and oxygen atoms in total. The Labute approximate surface area is 96.5 Å². The molecule has 16 heavy (non-hydrogen) atoms. The minimum atomic E-state index is -0.0741. The minimum absolute atomic E-state index is 0.0741. The molecule has 0 aliphatic heterocycles. The van der Waals surface area contributed by atoms with E-state index >= 15 is 0 Å². The van der Waals surface area contributed by atoms with Crippen molar-refractivity contribution >= 4 is 0 Å². The third-order valence-electron chi connectivity index (χ3n) is 3.26. The van der Waals surface area contributed by atoms with Crippen LogP contribution in [0.2, 0.25) is 0 Å². The van der Waals surface area contributed by atoms with Crippen molar-refractivity contribution in [3.63, 3.8) is 0 Å². The summed E-state index contributed by atoms with van der Waals surface area (Å²) in [4.78, 5) is 7.36. The van der Waals surface area contributed by atoms with E-state index in [0.29, 0.717) is 5.92 Å². The van der Waals surface area contributed by atoms with Crippen LogP contribution in [-0.4, -0.2) is 27.7 Å². The zero-order valence-corrected chi connectivity index (χ0v) is 9.87. The van der Waals surface area contributed by atoms with E-state index in [1.54, 1.807) is 0 Å². The van der Waals surface area contributed by atoms with Crippen LogP contribution in [0.3, 0.4) is 0 Å². The van der Waals surface area contributed by atoms with Crippen LogP contribution in [-0.2, 0) is 6.54 Å². The zero-order valence-electron chi connectivity index (χ0n) is 9.87. The number of nitrogens with one attached hydrogen (secondary N) is 2. The average Bonchev–Trinajstić information content (AvgIpc) is 2.64. The first-order chi connectivity index (χ1) is 7.74. The highest BCUT2D eigenvalue weighted by atomic mass is 16.3. The van der Waals surface area contributed by atoms with Crippen LogP contribution in [0.15, 0.2) is 6.20 Å². The van der Waals surface area contributed by atoms with E-state index in [9.17, 15) is 5.11 Å². The summed E-state index contributed by atoms with van der Waals surface area (Å²) in [7, 11) is 0. The highest BCUT2D eigenvalue weighted by molar-refractivity contribution is 4.99. The van der Waals surface area contributed by atoms with Gasteiger partial charge in [0.25, 0.3) is 0 Å². The van der Waals surface area contributed by atoms with Gasteiger partial charge in [-0.15, -0.1) is 0 Å². The molecule has 4 heteroatoms. The van der Waals surface area contributed by atoms with Gasteiger partial charge in [0.05, 0.1) is 6.10 Å². The highest BCUT2D eigenvalue weighted by Gasteiger charge is 2.19. The van der Waals surface area contributed by atoms with Crippen LogP contribution >= 0.6 is 0 Å². The SMILES string of the molecule is Cc1ncc(CNCC2CCCC(O)C2)[nH]1. The number of H-pyrrole nitrogens is 1. The van der Waals surface area contributed by atoms with Crippen molar-refractivity contribution in [3.05, 3.63) is 17.7 Å². The number of nitrogens with zero attached hydrogens (tertiary/aromatic N) is 1. The molecule has 0 amide bonds. The Morgan fingerprint density at radius 3 is 3.12 bits per heavy atom. The lowest BCUT2D eigenvalue weighted by atomic mass is 9.87. The molecule has 0 radical (unpaired) electrons. The Kier molecular flexibility index (Phi) is 3.96. The number of aliphatic hydroxyl groups excluding tert-OH is 1. The molecule has 1 heterocycles. The summed E-state index contributed by atoms with van der Waals surface area (Å²) < 4.78 is 0. The lowest BCUT2D eigenvalue weighted by Gasteiger charge is -2.25. The van der Waals surface area contributed by atoms with Gasteiger partial charge >= 0.3 is 0 Å². The summed E-state index contributed by atoms with van der Waals surface area (Å²) in [6.45, 7) is 3.80. The number of hydrogen-bond acceptors (Lipinski definition) is 3. The Morgan fingerprint density at radius 2 is 2.44 bits per heavy atom. The predicted molar refractivity (Wildman–Crippen MR) is 63.0 cm³/mol. The second kappa shape index (κ2) is 5.46. The summed E-state index contributed by atoms with van der Waals surface area (Å²) in [5.74, 6) is 1.60. The molecule has 1 aromatic heterocycles. The van der Waals surface area contributed by atoms with Crippen molar-refractivity contribution in [1.29, 1.82) is 0 Å². The molecule has 90 valence electrons. The molecule has 0 aromatic carbocycles. The van der Waals surface area contributed by atoms with Crippen molar-refractivity contribution < 1.29 is 5.11 Å². The van der Waals surface area contributed by atoms with Gasteiger partial charge in [0.15, 0.2) is 0 Å². The van der Waals surface area contributed by atoms with Gasteiger partial charge in [-0.25, -0.2) is 4.98 Å². The van der Waals surface area contributed by atoms with Gasteiger partial charge in [-0.1, -0.05) is 6.42 Å². The third kappa shape index (κ3) is 3.32. The van der Waals surface area contributed by atoms with Gasteiger partial charge in [-0.3, -0.25) is 0 Å². The van der Waals surface area contributed by atoms with Crippen LogP contribution in [0.4, 0.5) is 0 Å². The van der Waals surface area contributed by atoms with Crippen molar-refractivity contribution in [3.8, 4) is 0 Å². The number of aromatic amines is 1. The quantitative estimate of drug-likeness (QED) is 0.722. The van der Waals surface area contributed by atoms with Crippen molar-refractivity contribution in [2.75, 3.05) is 6.54 Å². The summed E-state index contributed by atoms with van der Waals surface area (Å²) in [6, 6.07) is 0. The second-order valence-electron chi connectivity index (χ2n) is 4.81. The van der Waals surface area contributed by atoms with Crippen molar-refractivity contribution in [2.24, 2.45) is 5.92 Å². The molecule has 2 rings (SSSR count). The Balaban J connectivity index is 1.67. The summed E-state index contributed by atoms with van der Waals surface area (Å²) in [5.41, 5.74) is 1.13. The van der Waals surface area contributed by atoms with E-state index in [1.807, 2.05) is 13.1 Å². The smallest absolute Gasteiger partial charge is 0.103 e. The zero-order chi connectivity index (χ0) is 11.4. The number of hydrogen-bond donors (Lipinski definition) is 3. The number of aromatic nitrogens is 2. The molecule has 0 bridgehead atoms. The standard InChI is InChI=1S/C12H21N3O/c1-9-14-8-11(15-9)7-13-6-10-3-2-4-12(16)5-10/h8,10,12-13,16H,2-7H2,1H3,(H,14,15). The summed E-state index contributed by atoms with van der Waals surface area (Å²) in [5, 5.41) is 13.0. The monoisotopic (exact) mass is 223 g/mol. The first-order valence-electron chi connectivity index (χ1n) is 6.13. The normalized spacial score (nSPS) is 25.9. The molecule has 1 saturated carbocycles. The maximum Gasteiger partial charge on any atom is 0.103 e. The molecule has 3 N–H and O–H groups in total. The fourth-order valence-electron chi connectivity index (χ4n) is 2.42. The van der Waals surface area contributed by atoms with Crippen LogP contribution in [0, 0.1) is 12.8 Å². The molecule has 1 aromatic rings. The Hall–Kier alpha value is -0.870. The van der Waals surface area contributed by atoms with Gasteiger partial charge in [0.2, 0.25) is 0 Å². The van der Waals surface area contributed by atoms with E-state index in [2.05, 4.69) is 15.3 Å². The first kappa shape index (κ1) is 11.6. The maximum absolute atomic E-state index is 9.56. The maximum atomic E-state index is 9.56. The van der Waals surface area contributed by atoms with Crippen molar-refractivity contribution in [1.82, 2.24) is 15.3 Å². The topological polar surface area (TPSA) is 60.9 Å². The summed E-state index contributed by atoms with van der Waals surface area (Å²) in [6.07, 6.45) is 6.14. The molecule has 0 spiro atoms. The Morgan fingerprint density at radius 1 is 1.56 bits per heavy atom. The van der Waals surface area contributed by atoms with E-state index in [-0.39, 0.29) is 6.10 Å². The number of rotatable bonds is 4. The summed E-state index contributed by atoms with van der Waals surface area (Å²) >= 11 is 0. The molecule has 2 atom stereocenters. The van der Waals surface area contributed by atoms with Crippen LogP contribution < -0.4 is 5.32 Å². The average molecular weight is 223 g/mol. The predicted octanol–water partition coefficient (Wildman–Crippen LogP) is 1.36. The van der Waals surface area contributed by atoms with Gasteiger partial charge in [0, 0.05) is 18.4 Å². The fourth-order valence-corrected chi connectivity index (χ4v) is 2.42. The molecule has 1 aliphatic carbocycles. The second-order valence-corrected chi connectivity index (χ2v) is 4.81. The van der Waals surface area contributed by atoms with E-state index in [0.717, 1.165) is 43.9 Å². The van der Waals surface area contributed by atoms with Crippen molar-refractivity contribution in [2.45, 2.75) is 45.3 Å². The Bertz CT molecular complexity index is 324. The number of aryl methyl sites for hydroxylation is 1. The molecule has 1 fully saturated rings. The van der Waals surface area contributed by atoms with E-state index < -0.39 is 0 Å². The first-order valence-corrected chi connectivity index (χ1v) is 6.13. The largest absolute Gasteiger partial charge is 0.393 e. The van der Waals surface area contributed by atoms with Crippen LogP contribution in [0.5, 0.6) is 0 Å². The molecule has 0 saturated heterocycles. The molecule has 1 aliphatic rings. The van der Waals surface area contributed by atoms with Crippen LogP contribution in [0.25, 0.3) is 0 Å². The van der Waals surface area contributed by atoms with Crippen LogP contribution in [0.1, 0.15) is 37.2 Å². The highest BCUT2D eigenvalue weighted by Crippen LogP contribution is 2.23. The fraction of sp³-hybridized carbons (Fsp3) is 0.750. The van der Waals surface area contributed by atoms with Gasteiger partial charge < -0.3 is 15.4 Å². The van der Waals surface area contributed by atoms with Gasteiger partial charge in [-0.05, 0) is 38.6 Å². The number of aliphatic hydroxyl groups is 1. The third-order valence-corrected chi connectivity index (χ3v) is 3.26. The molecular formula is C12H21N3O. The lowest BCUT2D eigenvalue weighted by molar-refractivity contribution is 0.101. The minimum Gasteiger partial charge on any atom is -0.393 e. The van der Waals surface area contributed by atoms with E-state index in [4.69, 9.17) is 0 Å². The molecular weight excluding hydrogens is 202 g/mol. The molecule has 2 unspecified atom stereocenters. The van der Waals surface area contributed by atoms with Gasteiger partial charge in [-0.2, -0.15) is 0 Å². The van der Waals surface area contributed by atoms with E-state index in [1.165, 1.54) is 6.42 Å².